The molecule has 0 fully saturated rings. The van der Waals surface area contributed by atoms with Crippen LogP contribution in [0.1, 0.15) is 41.0 Å². The van der Waals surface area contributed by atoms with Gasteiger partial charge in [-0.2, -0.15) is 0 Å². The van der Waals surface area contributed by atoms with Crippen molar-refractivity contribution in [2.45, 2.75) is 44.8 Å². The predicted molar refractivity (Wildman–Crippen MR) is 136 cm³/mol. The van der Waals surface area contributed by atoms with Crippen molar-refractivity contribution in [3.8, 4) is 11.1 Å². The molecule has 2 aromatic heterocycles. The van der Waals surface area contributed by atoms with Crippen LogP contribution in [0.25, 0.3) is 11.1 Å². The number of benzene rings is 2. The second-order valence-corrected chi connectivity index (χ2v) is 9.52. The molecule has 0 radical (unpaired) electrons. The van der Waals surface area contributed by atoms with E-state index in [0.29, 0.717) is 25.1 Å². The highest BCUT2D eigenvalue weighted by molar-refractivity contribution is 5.75. The van der Waals surface area contributed by atoms with Crippen LogP contribution in [0.5, 0.6) is 0 Å². The van der Waals surface area contributed by atoms with Gasteiger partial charge in [0.15, 0.2) is 0 Å². The summed E-state index contributed by atoms with van der Waals surface area (Å²) < 4.78 is 0. The van der Waals surface area contributed by atoms with Crippen molar-refractivity contribution < 1.29 is 4.79 Å². The summed E-state index contributed by atoms with van der Waals surface area (Å²) in [5.74, 6) is 0.644. The average Bonchev–Trinajstić information content (AvgIpc) is 3.55. The van der Waals surface area contributed by atoms with E-state index in [4.69, 9.17) is 0 Å². The number of carbonyl (C=O) groups is 1. The summed E-state index contributed by atoms with van der Waals surface area (Å²) in [6.45, 7) is 3.10. The van der Waals surface area contributed by atoms with Gasteiger partial charge < -0.3 is 15.5 Å². The molecule has 1 atom stereocenters. The van der Waals surface area contributed by atoms with Gasteiger partial charge in [0.25, 0.3) is 0 Å². The Morgan fingerprint density at radius 2 is 1.83 bits per heavy atom. The minimum atomic E-state index is -0.151. The molecule has 0 bridgehead atoms. The normalized spacial score (nSPS) is 15.8. The van der Waals surface area contributed by atoms with Crippen LogP contribution >= 0.6 is 0 Å². The van der Waals surface area contributed by atoms with Gasteiger partial charge in [0.2, 0.25) is 5.95 Å². The maximum Gasteiger partial charge on any atom is 0.318 e. The maximum absolute atomic E-state index is 12.8. The Morgan fingerprint density at radius 1 is 1.06 bits per heavy atom. The van der Waals surface area contributed by atoms with E-state index in [1.807, 2.05) is 37.5 Å². The number of anilines is 1. The van der Waals surface area contributed by atoms with Crippen molar-refractivity contribution in [2.75, 3.05) is 11.9 Å². The highest BCUT2D eigenvalue weighted by atomic mass is 16.2. The molecule has 1 aliphatic heterocycles. The van der Waals surface area contributed by atoms with Gasteiger partial charge in [-0.05, 0) is 48.1 Å². The van der Waals surface area contributed by atoms with E-state index in [1.165, 1.54) is 11.1 Å². The van der Waals surface area contributed by atoms with E-state index in [2.05, 4.69) is 66.3 Å². The number of hydrogen-bond donors (Lipinski definition) is 3. The number of nitrogens with one attached hydrogen (secondary N) is 3. The Balaban J connectivity index is 1.08. The van der Waals surface area contributed by atoms with E-state index in [0.717, 1.165) is 47.3 Å². The van der Waals surface area contributed by atoms with Crippen LogP contribution in [0, 0.1) is 0 Å². The van der Waals surface area contributed by atoms with Crippen molar-refractivity contribution in [1.29, 1.82) is 0 Å². The number of H-pyrrole nitrogens is 1. The molecular formula is C27H28N8O. The monoisotopic (exact) mass is 480 g/mol. The standard InChI is InChI=1S/C27H28N8O/c1-17(30-27(36)35-10-9-24-25(16-35)33-34-32-24)18-7-4-8-19(11-18)22-14-28-26(29-15-22)31-23-12-20-5-2-3-6-21(20)13-23/h2-8,11,14-15,17,23H,9-10,12-13,16H2,1H3,(H,30,36)(H,28,29,31)(H,32,33,34)/t17-/m1/s1. The number of fused-ring (bicyclic) bond motifs is 2. The van der Waals surface area contributed by atoms with Gasteiger partial charge in [-0.1, -0.05) is 47.7 Å². The number of hydrogen-bond acceptors (Lipinski definition) is 6. The molecule has 36 heavy (non-hydrogen) atoms. The molecule has 0 saturated heterocycles. The van der Waals surface area contributed by atoms with Gasteiger partial charge in [-0.15, -0.1) is 5.10 Å². The number of nitrogens with zero attached hydrogens (tertiary/aromatic N) is 5. The molecule has 2 aromatic carbocycles. The van der Waals surface area contributed by atoms with Crippen LogP contribution < -0.4 is 10.6 Å². The molecule has 0 unspecified atom stereocenters. The first-order valence-electron chi connectivity index (χ1n) is 12.3. The summed E-state index contributed by atoms with van der Waals surface area (Å²) >= 11 is 0. The Bertz CT molecular complexity index is 1360. The molecule has 1 aliphatic carbocycles. The quantitative estimate of drug-likeness (QED) is 0.402. The molecule has 2 aliphatic rings. The molecule has 9 heteroatoms. The van der Waals surface area contributed by atoms with E-state index in [1.54, 1.807) is 4.90 Å². The lowest BCUT2D eigenvalue weighted by Crippen LogP contribution is -2.43. The topological polar surface area (TPSA) is 112 Å². The van der Waals surface area contributed by atoms with Gasteiger partial charge in [-0.25, -0.2) is 14.8 Å². The number of urea groups is 1. The van der Waals surface area contributed by atoms with Crippen molar-refractivity contribution in [2.24, 2.45) is 0 Å². The minimum Gasteiger partial charge on any atom is -0.351 e. The molecule has 3 N–H and O–H groups in total. The summed E-state index contributed by atoms with van der Waals surface area (Å²) in [6, 6.07) is 16.8. The Hall–Kier alpha value is -4.27. The second kappa shape index (κ2) is 9.41. The molecule has 6 rings (SSSR count). The zero-order chi connectivity index (χ0) is 24.5. The molecule has 0 spiro atoms. The van der Waals surface area contributed by atoms with E-state index < -0.39 is 0 Å². The first-order valence-corrected chi connectivity index (χ1v) is 12.3. The van der Waals surface area contributed by atoms with Crippen LogP contribution in [0.3, 0.4) is 0 Å². The first-order chi connectivity index (χ1) is 17.6. The van der Waals surface area contributed by atoms with Crippen LogP contribution in [0.4, 0.5) is 10.7 Å². The third-order valence-electron chi connectivity index (χ3n) is 7.06. The highest BCUT2D eigenvalue weighted by Gasteiger charge is 2.24. The number of aromatic nitrogens is 5. The summed E-state index contributed by atoms with van der Waals surface area (Å²) in [6.07, 6.45) is 6.42. The maximum atomic E-state index is 12.8. The lowest BCUT2D eigenvalue weighted by atomic mass is 10.0. The summed E-state index contributed by atoms with van der Waals surface area (Å²) in [5.41, 5.74) is 7.61. The smallest absolute Gasteiger partial charge is 0.318 e. The molecule has 3 heterocycles. The Morgan fingerprint density at radius 3 is 2.61 bits per heavy atom. The molecule has 2 amide bonds. The third kappa shape index (κ3) is 4.51. The van der Waals surface area contributed by atoms with Crippen LogP contribution in [-0.4, -0.2) is 48.9 Å². The fraction of sp³-hybridized carbons (Fsp3) is 0.296. The number of carbonyl (C=O) groups excluding carboxylic acids is 1. The fourth-order valence-electron chi connectivity index (χ4n) is 5.02. The summed E-state index contributed by atoms with van der Waals surface area (Å²) in [5, 5.41) is 17.4. The van der Waals surface area contributed by atoms with Crippen LogP contribution in [0.2, 0.25) is 0 Å². The highest BCUT2D eigenvalue weighted by Crippen LogP contribution is 2.26. The van der Waals surface area contributed by atoms with Crippen molar-refractivity contribution in [3.05, 3.63) is 89.0 Å². The lowest BCUT2D eigenvalue weighted by Gasteiger charge is -2.27. The van der Waals surface area contributed by atoms with Crippen LogP contribution in [0.15, 0.2) is 60.9 Å². The molecule has 182 valence electrons. The summed E-state index contributed by atoms with van der Waals surface area (Å²) in [7, 11) is 0. The third-order valence-corrected chi connectivity index (χ3v) is 7.06. The molecular weight excluding hydrogens is 452 g/mol. The number of amides is 2. The van der Waals surface area contributed by atoms with E-state index in [-0.39, 0.29) is 12.1 Å². The first kappa shape index (κ1) is 22.2. The summed E-state index contributed by atoms with van der Waals surface area (Å²) in [4.78, 5) is 23.8. The van der Waals surface area contributed by atoms with Crippen molar-refractivity contribution in [1.82, 2.24) is 35.6 Å². The molecule has 9 nitrogen and oxygen atoms in total. The Labute approximate surface area is 209 Å². The SMILES string of the molecule is C[C@@H](NC(=O)N1CCc2[nH]nnc2C1)c1cccc(-c2cnc(NC3Cc4ccccc4C3)nc2)c1. The zero-order valence-electron chi connectivity index (χ0n) is 20.1. The molecule has 0 saturated carbocycles. The molecule has 4 aromatic rings. The van der Waals surface area contributed by atoms with E-state index in [9.17, 15) is 4.79 Å². The minimum absolute atomic E-state index is 0.102. The van der Waals surface area contributed by atoms with Gasteiger partial charge in [0, 0.05) is 37.0 Å². The zero-order valence-corrected chi connectivity index (χ0v) is 20.1. The largest absolute Gasteiger partial charge is 0.351 e. The predicted octanol–water partition coefficient (Wildman–Crippen LogP) is 3.67. The fourth-order valence-corrected chi connectivity index (χ4v) is 5.02. The van der Waals surface area contributed by atoms with Gasteiger partial charge in [0.05, 0.1) is 18.3 Å². The van der Waals surface area contributed by atoms with Gasteiger partial charge >= 0.3 is 6.03 Å². The second-order valence-electron chi connectivity index (χ2n) is 9.52. The van der Waals surface area contributed by atoms with Crippen molar-refractivity contribution >= 4 is 12.0 Å². The van der Waals surface area contributed by atoms with Crippen molar-refractivity contribution in [3.63, 3.8) is 0 Å². The Kier molecular flexibility index (Phi) is 5.80. The van der Waals surface area contributed by atoms with Gasteiger partial charge in [0.1, 0.15) is 5.69 Å². The average molecular weight is 481 g/mol. The lowest BCUT2D eigenvalue weighted by molar-refractivity contribution is 0.188. The van der Waals surface area contributed by atoms with Gasteiger partial charge in [-0.3, -0.25) is 5.10 Å². The number of rotatable bonds is 5. The number of aromatic amines is 1. The van der Waals surface area contributed by atoms with Crippen LogP contribution in [-0.2, 0) is 25.8 Å². The van der Waals surface area contributed by atoms with E-state index >= 15 is 0 Å².